The zero-order valence-electron chi connectivity index (χ0n) is 16.6. The Morgan fingerprint density at radius 2 is 1.72 bits per heavy atom. The second-order valence-corrected chi connectivity index (χ2v) is 6.74. The molecule has 0 atom stereocenters. The van der Waals surface area contributed by atoms with Crippen molar-refractivity contribution >= 4 is 16.9 Å². The van der Waals surface area contributed by atoms with Crippen LogP contribution in [-0.4, -0.2) is 22.8 Å². The summed E-state index contributed by atoms with van der Waals surface area (Å²) in [5.41, 5.74) is -1.29. The number of alkyl halides is 3. The van der Waals surface area contributed by atoms with Crippen LogP contribution in [0.15, 0.2) is 77.6 Å². The van der Waals surface area contributed by atoms with E-state index in [4.69, 9.17) is 9.57 Å². The minimum absolute atomic E-state index is 0.00655. The maximum absolute atomic E-state index is 13.1. The number of carbonyl (C=O) groups excluding carboxylic acids is 1. The molecule has 0 aliphatic carbocycles. The lowest BCUT2D eigenvalue weighted by atomic mass is 10.1. The van der Waals surface area contributed by atoms with E-state index in [1.54, 1.807) is 42.5 Å². The summed E-state index contributed by atoms with van der Waals surface area (Å²) in [6.07, 6.45) is -4.64. The highest BCUT2D eigenvalue weighted by Crippen LogP contribution is 2.29. The molecule has 162 valence electrons. The average Bonchev–Trinajstić information content (AvgIpc) is 2.80. The number of para-hydroxylation sites is 1. The molecule has 0 saturated heterocycles. The molecule has 1 heterocycles. The van der Waals surface area contributed by atoms with E-state index >= 15 is 0 Å². The molecule has 0 amide bonds. The van der Waals surface area contributed by atoms with Crippen LogP contribution >= 0.6 is 0 Å². The van der Waals surface area contributed by atoms with E-state index in [9.17, 15) is 22.8 Å². The molecule has 0 aliphatic heterocycles. The normalized spacial score (nSPS) is 11.4. The lowest BCUT2D eigenvalue weighted by Crippen LogP contribution is -2.33. The van der Waals surface area contributed by atoms with Crippen molar-refractivity contribution in [3.63, 3.8) is 0 Å². The minimum atomic E-state index is -4.64. The summed E-state index contributed by atoms with van der Waals surface area (Å²) >= 11 is 0. The van der Waals surface area contributed by atoms with Crippen molar-refractivity contribution in [1.29, 1.82) is 0 Å². The zero-order valence-corrected chi connectivity index (χ0v) is 16.6. The summed E-state index contributed by atoms with van der Waals surface area (Å²) in [5, 5.41) is 0.177. The van der Waals surface area contributed by atoms with E-state index in [0.29, 0.717) is 27.6 Å². The Bertz CT molecular complexity index is 1380. The van der Waals surface area contributed by atoms with Gasteiger partial charge in [-0.25, -0.2) is 9.78 Å². The topological polar surface area (TPSA) is 70.4 Å². The fourth-order valence-corrected chi connectivity index (χ4v) is 3.10. The Kier molecular flexibility index (Phi) is 5.40. The van der Waals surface area contributed by atoms with Crippen molar-refractivity contribution in [3.8, 4) is 17.1 Å². The van der Waals surface area contributed by atoms with Gasteiger partial charge < -0.3 is 9.57 Å². The molecule has 0 bridgehead atoms. The number of methoxy groups -OCH3 is 1. The molecule has 3 aromatic carbocycles. The molecule has 0 radical (unpaired) electrons. The maximum Gasteiger partial charge on any atom is 0.416 e. The predicted molar refractivity (Wildman–Crippen MR) is 110 cm³/mol. The molecular weight excluding hydrogens is 425 g/mol. The van der Waals surface area contributed by atoms with Crippen molar-refractivity contribution in [1.82, 2.24) is 9.71 Å². The van der Waals surface area contributed by atoms with Gasteiger partial charge in [0.1, 0.15) is 5.75 Å². The number of hydrogen-bond donors (Lipinski definition) is 0. The van der Waals surface area contributed by atoms with Gasteiger partial charge in [-0.15, -0.1) is 4.73 Å². The van der Waals surface area contributed by atoms with Gasteiger partial charge in [-0.2, -0.15) is 13.2 Å². The monoisotopic (exact) mass is 440 g/mol. The SMILES string of the molecule is COc1cccc(-c2nc3ccccc3c(=O)n2OC(=O)c2cccc(C(F)(F)F)c2)c1. The number of hydrogen-bond acceptors (Lipinski definition) is 5. The summed E-state index contributed by atoms with van der Waals surface area (Å²) in [5.74, 6) is -0.673. The van der Waals surface area contributed by atoms with E-state index in [1.807, 2.05) is 0 Å². The smallest absolute Gasteiger partial charge is 0.416 e. The standard InChI is InChI=1S/C23H15F3N2O4/c1-31-17-9-5-6-14(13-17)20-27-19-11-3-2-10-18(19)21(29)28(20)32-22(30)15-7-4-8-16(12-15)23(24,25)26/h2-13H,1H3. The van der Waals surface area contributed by atoms with E-state index in [-0.39, 0.29) is 16.8 Å². The molecule has 0 aliphatic rings. The van der Waals surface area contributed by atoms with Gasteiger partial charge in [0.2, 0.25) is 0 Å². The van der Waals surface area contributed by atoms with E-state index in [0.717, 1.165) is 12.1 Å². The summed E-state index contributed by atoms with van der Waals surface area (Å²) in [7, 11) is 1.47. The van der Waals surface area contributed by atoms with Crippen molar-refractivity contribution in [3.05, 3.63) is 94.3 Å². The third kappa shape index (κ3) is 4.04. The van der Waals surface area contributed by atoms with Crippen LogP contribution in [0.25, 0.3) is 22.3 Å². The first-order chi connectivity index (χ1) is 15.3. The Morgan fingerprint density at radius 3 is 2.47 bits per heavy atom. The largest absolute Gasteiger partial charge is 0.497 e. The third-order valence-corrected chi connectivity index (χ3v) is 4.67. The number of aromatic nitrogens is 2. The molecular formula is C23H15F3N2O4. The van der Waals surface area contributed by atoms with E-state index in [2.05, 4.69) is 4.98 Å². The van der Waals surface area contributed by atoms with Crippen molar-refractivity contribution in [2.75, 3.05) is 7.11 Å². The molecule has 0 fully saturated rings. The van der Waals surface area contributed by atoms with Gasteiger partial charge in [-0.3, -0.25) is 4.79 Å². The molecule has 1 aromatic heterocycles. The predicted octanol–water partition coefficient (Wildman–Crippen LogP) is 4.36. The van der Waals surface area contributed by atoms with Gasteiger partial charge in [-0.05, 0) is 42.5 Å². The van der Waals surface area contributed by atoms with Crippen LogP contribution in [0.3, 0.4) is 0 Å². The van der Waals surface area contributed by atoms with Crippen LogP contribution in [-0.2, 0) is 6.18 Å². The highest BCUT2D eigenvalue weighted by molar-refractivity contribution is 5.90. The Labute approximate surface area is 179 Å². The van der Waals surface area contributed by atoms with E-state index < -0.39 is 23.3 Å². The highest BCUT2D eigenvalue weighted by Gasteiger charge is 2.31. The molecule has 32 heavy (non-hydrogen) atoms. The maximum atomic E-state index is 13.1. The van der Waals surface area contributed by atoms with Crippen LogP contribution in [0, 0.1) is 0 Å². The first-order valence-corrected chi connectivity index (χ1v) is 9.34. The van der Waals surface area contributed by atoms with Crippen LogP contribution < -0.4 is 15.1 Å². The van der Waals surface area contributed by atoms with Crippen LogP contribution in [0.5, 0.6) is 5.75 Å². The summed E-state index contributed by atoms with van der Waals surface area (Å²) in [6.45, 7) is 0. The number of halogens is 3. The summed E-state index contributed by atoms with van der Waals surface area (Å²) in [4.78, 5) is 35.5. The van der Waals surface area contributed by atoms with Crippen molar-refractivity contribution in [2.45, 2.75) is 6.18 Å². The number of ether oxygens (including phenoxy) is 1. The molecule has 0 saturated carbocycles. The molecule has 0 spiro atoms. The lowest BCUT2D eigenvalue weighted by molar-refractivity contribution is -0.137. The van der Waals surface area contributed by atoms with Gasteiger partial charge >= 0.3 is 12.1 Å². The quantitative estimate of drug-likeness (QED) is 0.472. The fraction of sp³-hybridized carbons (Fsp3) is 0.0870. The lowest BCUT2D eigenvalue weighted by Gasteiger charge is -2.14. The molecule has 4 rings (SSSR count). The second-order valence-electron chi connectivity index (χ2n) is 6.74. The van der Waals surface area contributed by atoms with Gasteiger partial charge in [-0.1, -0.05) is 30.3 Å². The second kappa shape index (κ2) is 8.18. The van der Waals surface area contributed by atoms with Crippen molar-refractivity contribution in [2.24, 2.45) is 0 Å². The molecule has 0 N–H and O–H groups in total. The minimum Gasteiger partial charge on any atom is -0.497 e. The number of fused-ring (bicyclic) bond motifs is 1. The van der Waals surface area contributed by atoms with Gasteiger partial charge in [0.05, 0.1) is 29.1 Å². The summed E-state index contributed by atoms with van der Waals surface area (Å²) < 4.78 is 45.0. The third-order valence-electron chi connectivity index (χ3n) is 4.67. The van der Waals surface area contributed by atoms with Gasteiger partial charge in [0.25, 0.3) is 5.56 Å². The molecule has 9 heteroatoms. The Morgan fingerprint density at radius 1 is 0.969 bits per heavy atom. The number of nitrogens with zero attached hydrogens (tertiary/aromatic N) is 2. The number of carbonyl (C=O) groups is 1. The number of benzene rings is 3. The highest BCUT2D eigenvalue weighted by atomic mass is 19.4. The first-order valence-electron chi connectivity index (χ1n) is 9.34. The molecule has 0 unspecified atom stereocenters. The fourth-order valence-electron chi connectivity index (χ4n) is 3.10. The zero-order chi connectivity index (χ0) is 22.9. The number of rotatable bonds is 4. The van der Waals surface area contributed by atoms with Gasteiger partial charge in [0, 0.05) is 5.56 Å². The van der Waals surface area contributed by atoms with Gasteiger partial charge in [0.15, 0.2) is 5.82 Å². The summed E-state index contributed by atoms with van der Waals surface area (Å²) in [6, 6.07) is 16.8. The van der Waals surface area contributed by atoms with E-state index in [1.165, 1.54) is 19.2 Å². The Hall–Kier alpha value is -4.14. The first kappa shape index (κ1) is 21.1. The van der Waals surface area contributed by atoms with Crippen LogP contribution in [0.4, 0.5) is 13.2 Å². The Balaban J connectivity index is 1.85. The average molecular weight is 440 g/mol. The molecule has 4 aromatic rings. The van der Waals surface area contributed by atoms with Crippen LogP contribution in [0.2, 0.25) is 0 Å². The van der Waals surface area contributed by atoms with Crippen molar-refractivity contribution < 1.29 is 27.5 Å². The van der Waals surface area contributed by atoms with Crippen LogP contribution in [0.1, 0.15) is 15.9 Å². The molecule has 6 nitrogen and oxygen atoms in total.